The Hall–Kier alpha value is -0.790. The average Bonchev–Trinajstić information content (AvgIpc) is 1.30. The molecule has 0 aromatic carbocycles. The van der Waals surface area contributed by atoms with Gasteiger partial charge in [-0.2, -0.15) is 0 Å². The zero-order valence-electron chi connectivity index (χ0n) is 2.51. The molecule has 1 rings (SSSR count). The molecule has 0 unspecified atom stereocenters. The number of rotatable bonds is 0. The Balaban J connectivity index is 2.60. The summed E-state index contributed by atoms with van der Waals surface area (Å²) < 4.78 is 0. The molecule has 1 aliphatic heterocycles. The summed E-state index contributed by atoms with van der Waals surface area (Å²) in [5.74, 6) is -0.120. The number of aliphatic imine (C=N–C) groups is 1. The van der Waals surface area contributed by atoms with Gasteiger partial charge in [0.15, 0.2) is 0 Å². The minimum absolute atomic E-state index is 0.120. The summed E-state index contributed by atoms with van der Waals surface area (Å²) in [5, 5.41) is 9.65. The van der Waals surface area contributed by atoms with Crippen LogP contribution in [0.4, 0.5) is 0 Å². The van der Waals surface area contributed by atoms with Gasteiger partial charge < -0.3 is 0 Å². The quantitative estimate of drug-likeness (QED) is 0.392. The molecule has 2 nitrogen and oxygen atoms in total. The second kappa shape index (κ2) is 0.578. The van der Waals surface area contributed by atoms with Crippen LogP contribution < -0.4 is 0 Å². The first kappa shape index (κ1) is 2.45. The molecule has 0 saturated heterocycles. The standard InChI is InChI=1S/C3H2NO/c5-3-1-2-4-3/h1-2H. The molecular formula is C3H2NO. The Morgan fingerprint density at radius 2 is 2.20 bits per heavy atom. The smallest absolute Gasteiger partial charge is 0.267 e. The molecule has 0 aromatic rings. The van der Waals surface area contributed by atoms with Crippen LogP contribution in [0, 0.1) is 0 Å². The fraction of sp³-hybridized carbons (Fsp3) is 0. The summed E-state index contributed by atoms with van der Waals surface area (Å²) in [6.45, 7) is 0. The van der Waals surface area contributed by atoms with Gasteiger partial charge in [-0.15, -0.1) is 0 Å². The molecule has 0 bridgehead atoms. The van der Waals surface area contributed by atoms with E-state index < -0.39 is 0 Å². The van der Waals surface area contributed by atoms with Crippen molar-refractivity contribution in [3.8, 4) is 0 Å². The predicted molar refractivity (Wildman–Crippen MR) is 17.3 cm³/mol. The third kappa shape index (κ3) is 0.173. The van der Waals surface area contributed by atoms with E-state index >= 15 is 0 Å². The van der Waals surface area contributed by atoms with E-state index in [2.05, 4.69) is 4.99 Å². The second-order valence-corrected chi connectivity index (χ2v) is 0.783. The van der Waals surface area contributed by atoms with Crippen LogP contribution in [0.3, 0.4) is 0 Å². The van der Waals surface area contributed by atoms with Gasteiger partial charge in [0, 0.05) is 12.3 Å². The van der Waals surface area contributed by atoms with Gasteiger partial charge >= 0.3 is 0 Å². The Kier molecular flexibility index (Phi) is 0.283. The van der Waals surface area contributed by atoms with Crippen molar-refractivity contribution in [2.24, 2.45) is 4.99 Å². The van der Waals surface area contributed by atoms with Crippen LogP contribution in [0.1, 0.15) is 0 Å². The highest BCUT2D eigenvalue weighted by atomic mass is 16.3. The van der Waals surface area contributed by atoms with Crippen LogP contribution in [0.5, 0.6) is 0 Å². The SMILES string of the molecule is [O]C1=NC=C1. The molecule has 0 atom stereocenters. The lowest BCUT2D eigenvalue weighted by molar-refractivity contribution is 0.428. The molecule has 0 amide bonds. The molecule has 0 spiro atoms. The first-order valence-corrected chi connectivity index (χ1v) is 1.31. The highest BCUT2D eigenvalue weighted by Gasteiger charge is 1.92. The molecule has 25 valence electrons. The lowest BCUT2D eigenvalue weighted by Crippen LogP contribution is -1.91. The van der Waals surface area contributed by atoms with E-state index in [4.69, 9.17) is 0 Å². The zero-order valence-corrected chi connectivity index (χ0v) is 2.51. The van der Waals surface area contributed by atoms with Gasteiger partial charge in [0.25, 0.3) is 5.90 Å². The largest absolute Gasteiger partial charge is 0.271 e. The number of nitrogens with zero attached hydrogens (tertiary/aromatic N) is 1. The molecule has 0 aromatic heterocycles. The molecule has 1 aliphatic rings. The summed E-state index contributed by atoms with van der Waals surface area (Å²) in [6, 6.07) is 0. The van der Waals surface area contributed by atoms with Gasteiger partial charge in [0.1, 0.15) is 0 Å². The van der Waals surface area contributed by atoms with Crippen LogP contribution in [0.15, 0.2) is 17.3 Å². The van der Waals surface area contributed by atoms with Crippen molar-refractivity contribution in [1.82, 2.24) is 0 Å². The van der Waals surface area contributed by atoms with E-state index in [0.29, 0.717) is 0 Å². The lowest BCUT2D eigenvalue weighted by Gasteiger charge is -1.85. The van der Waals surface area contributed by atoms with E-state index in [1.165, 1.54) is 12.3 Å². The average molecular weight is 68.1 g/mol. The minimum Gasteiger partial charge on any atom is -0.267 e. The van der Waals surface area contributed by atoms with Crippen molar-refractivity contribution in [3.63, 3.8) is 0 Å². The number of hydrogen-bond donors (Lipinski definition) is 0. The third-order valence-electron chi connectivity index (χ3n) is 0.419. The summed E-state index contributed by atoms with van der Waals surface area (Å²) in [5.41, 5.74) is 0. The molecule has 2 heteroatoms. The van der Waals surface area contributed by atoms with Crippen LogP contribution in [0.2, 0.25) is 0 Å². The predicted octanol–water partition coefficient (Wildman–Crippen LogP) is 0.343. The molecule has 0 fully saturated rings. The summed E-state index contributed by atoms with van der Waals surface area (Å²) in [6.07, 6.45) is 2.89. The number of hydrogen-bond acceptors (Lipinski definition) is 1. The third-order valence-corrected chi connectivity index (χ3v) is 0.419. The van der Waals surface area contributed by atoms with Gasteiger partial charge in [-0.05, 0) is 0 Å². The molecule has 0 aliphatic carbocycles. The second-order valence-electron chi connectivity index (χ2n) is 0.783. The van der Waals surface area contributed by atoms with Gasteiger partial charge in [-0.1, -0.05) is 0 Å². The van der Waals surface area contributed by atoms with Gasteiger partial charge in [0.05, 0.1) is 0 Å². The van der Waals surface area contributed by atoms with Crippen molar-refractivity contribution in [2.75, 3.05) is 0 Å². The summed E-state index contributed by atoms with van der Waals surface area (Å²) >= 11 is 0. The normalized spacial score (nSPS) is 17.2. The Bertz CT molecular complexity index is 93.1. The van der Waals surface area contributed by atoms with Crippen LogP contribution >= 0.6 is 0 Å². The highest BCUT2D eigenvalue weighted by molar-refractivity contribution is 5.90. The fourth-order valence-electron chi connectivity index (χ4n) is 0.135. The molecule has 5 heavy (non-hydrogen) atoms. The lowest BCUT2D eigenvalue weighted by atomic mass is 10.5. The van der Waals surface area contributed by atoms with Crippen molar-refractivity contribution < 1.29 is 5.11 Å². The van der Waals surface area contributed by atoms with Crippen molar-refractivity contribution in [1.29, 1.82) is 0 Å². The maximum absolute atomic E-state index is 9.65. The zero-order chi connectivity index (χ0) is 3.70. The van der Waals surface area contributed by atoms with Crippen molar-refractivity contribution >= 4 is 5.90 Å². The summed E-state index contributed by atoms with van der Waals surface area (Å²) in [7, 11) is 0. The Morgan fingerprint density at radius 1 is 1.80 bits per heavy atom. The first-order valence-electron chi connectivity index (χ1n) is 1.31. The van der Waals surface area contributed by atoms with E-state index in [1.807, 2.05) is 0 Å². The maximum Gasteiger partial charge on any atom is 0.271 e. The molecule has 0 saturated carbocycles. The van der Waals surface area contributed by atoms with E-state index in [-0.39, 0.29) is 5.90 Å². The van der Waals surface area contributed by atoms with Gasteiger partial charge in [-0.3, -0.25) is 5.11 Å². The Morgan fingerprint density at radius 3 is 2.20 bits per heavy atom. The van der Waals surface area contributed by atoms with Crippen LogP contribution in [-0.2, 0) is 5.11 Å². The molecule has 0 N–H and O–H groups in total. The minimum atomic E-state index is -0.120. The van der Waals surface area contributed by atoms with E-state index in [0.717, 1.165) is 0 Å². The van der Waals surface area contributed by atoms with Crippen molar-refractivity contribution in [2.45, 2.75) is 0 Å². The monoisotopic (exact) mass is 68.0 g/mol. The van der Waals surface area contributed by atoms with Gasteiger partial charge in [0.2, 0.25) is 0 Å². The van der Waals surface area contributed by atoms with E-state index in [9.17, 15) is 5.11 Å². The Labute approximate surface area is 29.5 Å². The van der Waals surface area contributed by atoms with Crippen LogP contribution in [-0.4, -0.2) is 5.90 Å². The first-order chi connectivity index (χ1) is 2.39. The topological polar surface area (TPSA) is 32.3 Å². The maximum atomic E-state index is 9.65. The molecule has 1 heterocycles. The fourth-order valence-corrected chi connectivity index (χ4v) is 0.135. The molecule has 1 radical (unpaired) electrons. The van der Waals surface area contributed by atoms with E-state index in [1.54, 1.807) is 0 Å². The highest BCUT2D eigenvalue weighted by Crippen LogP contribution is 1.89. The van der Waals surface area contributed by atoms with Gasteiger partial charge in [-0.25, -0.2) is 4.99 Å². The molecular weight excluding hydrogens is 66.0 g/mol. The van der Waals surface area contributed by atoms with Crippen molar-refractivity contribution in [3.05, 3.63) is 12.3 Å². The summed E-state index contributed by atoms with van der Waals surface area (Å²) in [4.78, 5) is 3.25. The van der Waals surface area contributed by atoms with Crippen LogP contribution in [0.25, 0.3) is 0 Å².